The number of nitrogens with one attached hydrogen (secondary N) is 1. The van der Waals surface area contributed by atoms with Crippen LogP contribution < -0.4 is 11.1 Å². The summed E-state index contributed by atoms with van der Waals surface area (Å²) in [5, 5.41) is 59.3. The first-order valence-corrected chi connectivity index (χ1v) is 18.9. The third kappa shape index (κ3) is 7.05. The SMILES string of the molecule is CC(C)(O/N=C(\C(=O)C[C@@H]1C(=O)N2C(C(=O)O)=C(C[N+]34CCC(CNC(=O)/C(=N\O)c5ccc(O)c(O)c5Cl)(CC3)C4)CS[C@H]12)c1csc(N)n1)C(=O)O. The van der Waals surface area contributed by atoms with Crippen LogP contribution in [0.2, 0.25) is 5.02 Å². The van der Waals surface area contributed by atoms with Gasteiger partial charge >= 0.3 is 11.9 Å². The Bertz CT molecular complexity index is 2040. The average molecular weight is 807 g/mol. The quantitative estimate of drug-likeness (QED) is 0.0358. The number of nitrogens with zero attached hydrogens (tertiary/aromatic N) is 5. The molecule has 2 aromatic rings. The predicted octanol–water partition coefficient (Wildman–Crippen LogP) is 1.81. The first-order chi connectivity index (χ1) is 25.4. The summed E-state index contributed by atoms with van der Waals surface area (Å²) in [6, 6.07) is 2.36. The Morgan fingerprint density at radius 3 is 2.50 bits per heavy atom. The number of aromatic nitrogens is 1. The summed E-state index contributed by atoms with van der Waals surface area (Å²) in [4.78, 5) is 74.9. The summed E-state index contributed by atoms with van der Waals surface area (Å²) in [7, 11) is 0. The fourth-order valence-corrected chi connectivity index (χ4v) is 9.65. The Labute approximate surface area is 320 Å². The highest BCUT2D eigenvalue weighted by molar-refractivity contribution is 8.00. The van der Waals surface area contributed by atoms with E-state index >= 15 is 0 Å². The van der Waals surface area contributed by atoms with Gasteiger partial charge in [0, 0.05) is 53.5 Å². The lowest BCUT2D eigenvalue weighted by Gasteiger charge is -2.50. The molecule has 2 amide bonds. The maximum absolute atomic E-state index is 13.6. The number of phenolic OH excluding ortho intramolecular Hbond substituents is 2. The van der Waals surface area contributed by atoms with E-state index in [-0.39, 0.29) is 51.2 Å². The zero-order valence-corrected chi connectivity index (χ0v) is 31.3. The number of hydrogen-bond acceptors (Lipinski definition) is 15. The summed E-state index contributed by atoms with van der Waals surface area (Å²) >= 11 is 8.47. The van der Waals surface area contributed by atoms with Crippen molar-refractivity contribution >= 4 is 80.8 Å². The monoisotopic (exact) mass is 806 g/mol. The minimum Gasteiger partial charge on any atom is -0.504 e. The van der Waals surface area contributed by atoms with Crippen molar-refractivity contribution in [3.8, 4) is 11.5 Å². The molecule has 2 atom stereocenters. The first-order valence-electron chi connectivity index (χ1n) is 16.6. The topological polar surface area (TPSA) is 275 Å². The molecular formula is C33H37ClN7O11S2+. The smallest absolute Gasteiger partial charge is 0.352 e. The number of carboxylic acids is 2. The number of anilines is 1. The fourth-order valence-electron chi connectivity index (χ4n) is 7.45. The summed E-state index contributed by atoms with van der Waals surface area (Å²) in [6.45, 7) is 5.13. The van der Waals surface area contributed by atoms with E-state index in [9.17, 15) is 49.6 Å². The van der Waals surface area contributed by atoms with E-state index in [1.165, 1.54) is 42.0 Å². The number of nitrogen functional groups attached to an aromatic ring is 1. The standard InChI is InChI=1S/C33H36ClN7O11S2/c1-32(2,30(49)50)52-39-23(18-12-54-31(35)37-18)20(43)9-17-27(46)40-24(29(47)48)15(11-53-28(17)40)10-41-7-5-33(14-41,6-8-41)13-36-26(45)22(38-51)16-3-4-19(42)25(44)21(16)34/h3-4,12,17,28H,5-11,13-14H2,1-2H3,(H7-,35,36,37,38,39,42,43,44,45,47,48,49,50,51)/p+1/t17-,28-,33?,41?/m1/s1. The molecular weight excluding hydrogens is 770 g/mol. The maximum Gasteiger partial charge on any atom is 0.352 e. The number of thioether (sulfide) groups is 1. The molecule has 4 aliphatic heterocycles. The normalized spacial score (nSPS) is 25.3. The minimum absolute atomic E-state index is 0.0572. The molecule has 288 valence electrons. The zero-order valence-electron chi connectivity index (χ0n) is 28.9. The molecule has 0 aliphatic carbocycles. The van der Waals surface area contributed by atoms with Gasteiger partial charge in [-0.1, -0.05) is 21.9 Å². The van der Waals surface area contributed by atoms with E-state index in [1.807, 2.05) is 0 Å². The molecule has 1 aromatic carbocycles. The molecule has 8 N–H and O–H groups in total. The van der Waals surface area contributed by atoms with Gasteiger partial charge in [-0.2, -0.15) is 0 Å². The van der Waals surface area contributed by atoms with Gasteiger partial charge in [-0.05, 0) is 26.0 Å². The van der Waals surface area contributed by atoms with Gasteiger partial charge in [0.05, 0.1) is 35.9 Å². The molecule has 21 heteroatoms. The number of carbonyl (C=O) groups is 5. The lowest BCUT2D eigenvalue weighted by Crippen LogP contribution is -2.62. The number of oxime groups is 2. The van der Waals surface area contributed by atoms with Gasteiger partial charge in [-0.3, -0.25) is 19.3 Å². The van der Waals surface area contributed by atoms with Crippen LogP contribution in [-0.4, -0.2) is 130 Å². The predicted molar refractivity (Wildman–Crippen MR) is 194 cm³/mol. The van der Waals surface area contributed by atoms with Gasteiger partial charge in [-0.25, -0.2) is 14.6 Å². The van der Waals surface area contributed by atoms with Crippen LogP contribution in [-0.2, 0) is 28.8 Å². The Morgan fingerprint density at radius 1 is 1.19 bits per heavy atom. The van der Waals surface area contributed by atoms with Crippen LogP contribution in [0.25, 0.3) is 0 Å². The highest BCUT2D eigenvalue weighted by Gasteiger charge is 2.58. The summed E-state index contributed by atoms with van der Waals surface area (Å²) < 4.78 is 0.555. The van der Waals surface area contributed by atoms with Crippen LogP contribution in [0.4, 0.5) is 5.13 Å². The molecule has 2 bridgehead atoms. The molecule has 0 radical (unpaired) electrons. The Balaban J connectivity index is 1.13. The number of carboxylic acid groups (broad SMARTS) is 2. The second-order valence-corrected chi connectivity index (χ2v) is 16.7. The molecule has 3 saturated heterocycles. The van der Waals surface area contributed by atoms with Crippen LogP contribution in [0.15, 0.2) is 39.1 Å². The van der Waals surface area contributed by atoms with E-state index < -0.39 is 63.6 Å². The maximum atomic E-state index is 13.6. The van der Waals surface area contributed by atoms with Crippen molar-refractivity contribution in [1.29, 1.82) is 0 Å². The Hall–Kier alpha value is -4.92. The number of benzene rings is 1. The van der Waals surface area contributed by atoms with Gasteiger partial charge in [0.1, 0.15) is 17.9 Å². The molecule has 1 aromatic heterocycles. The number of hydrogen-bond donors (Lipinski definition) is 7. The fraction of sp³-hybridized carbons (Fsp3) is 0.455. The number of rotatable bonds is 14. The highest BCUT2D eigenvalue weighted by Crippen LogP contribution is 2.49. The van der Waals surface area contributed by atoms with Gasteiger partial charge in [0.25, 0.3) is 5.91 Å². The second-order valence-electron chi connectivity index (χ2n) is 14.3. The third-order valence-corrected chi connectivity index (χ3v) is 12.8. The van der Waals surface area contributed by atoms with Crippen LogP contribution in [0.3, 0.4) is 0 Å². The second kappa shape index (κ2) is 14.4. The van der Waals surface area contributed by atoms with Crippen molar-refractivity contribution in [3.05, 3.63) is 45.1 Å². The van der Waals surface area contributed by atoms with Gasteiger partial charge < -0.3 is 46.0 Å². The van der Waals surface area contributed by atoms with Crippen LogP contribution in [0.5, 0.6) is 11.5 Å². The number of piperidine rings is 1. The summed E-state index contributed by atoms with van der Waals surface area (Å²) in [6.07, 6.45) is 1.10. The molecule has 4 aliphatic rings. The molecule has 0 saturated carbocycles. The number of carbonyl (C=O) groups excluding carboxylic acids is 3. The largest absolute Gasteiger partial charge is 0.504 e. The highest BCUT2D eigenvalue weighted by atomic mass is 35.5. The van der Waals surface area contributed by atoms with Crippen molar-refractivity contribution in [2.45, 2.75) is 44.1 Å². The van der Waals surface area contributed by atoms with Crippen molar-refractivity contribution < 1.29 is 58.9 Å². The third-order valence-electron chi connectivity index (χ3n) is 10.4. The lowest BCUT2D eigenvalue weighted by atomic mass is 9.84. The van der Waals surface area contributed by atoms with Crippen LogP contribution in [0.1, 0.15) is 44.4 Å². The van der Waals surface area contributed by atoms with Crippen LogP contribution >= 0.6 is 34.7 Å². The molecule has 18 nitrogen and oxygen atoms in total. The van der Waals surface area contributed by atoms with Gasteiger partial charge in [0.2, 0.25) is 11.5 Å². The van der Waals surface area contributed by atoms with E-state index in [1.54, 1.807) is 0 Å². The Morgan fingerprint density at radius 2 is 1.89 bits per heavy atom. The van der Waals surface area contributed by atoms with E-state index in [4.69, 9.17) is 22.2 Å². The molecule has 3 fully saturated rings. The van der Waals surface area contributed by atoms with Crippen LogP contribution in [0, 0.1) is 11.3 Å². The lowest BCUT2D eigenvalue weighted by molar-refractivity contribution is -0.904. The van der Waals surface area contributed by atoms with Crippen molar-refractivity contribution in [2.75, 3.05) is 44.2 Å². The summed E-state index contributed by atoms with van der Waals surface area (Å²) in [5.74, 6) is -6.24. The summed E-state index contributed by atoms with van der Waals surface area (Å²) in [5.41, 5.74) is 3.36. The molecule has 6 rings (SSSR count). The minimum atomic E-state index is -1.77. The molecule has 0 spiro atoms. The zero-order chi connectivity index (χ0) is 39.3. The van der Waals surface area contributed by atoms with Gasteiger partial charge in [0.15, 0.2) is 33.8 Å². The number of quaternary nitrogens is 1. The molecule has 5 heterocycles. The van der Waals surface area contributed by atoms with Crippen molar-refractivity contribution in [2.24, 2.45) is 21.6 Å². The number of amides is 2. The number of ketones is 1. The number of aromatic hydroxyl groups is 2. The molecule has 0 unspecified atom stereocenters. The number of phenols is 2. The average Bonchev–Trinajstić information content (AvgIpc) is 3.83. The van der Waals surface area contributed by atoms with Crippen molar-refractivity contribution in [3.63, 3.8) is 0 Å². The number of β-lactam (4-membered cyclic amide) rings is 1. The Kier molecular flexibility index (Phi) is 10.3. The van der Waals surface area contributed by atoms with Gasteiger partial charge in [-0.15, -0.1) is 23.1 Å². The number of nitrogens with two attached hydrogens (primary N) is 1. The number of thiazole rings is 1. The number of fused-ring (bicyclic) bond motifs is 3. The van der Waals surface area contributed by atoms with Crippen molar-refractivity contribution in [1.82, 2.24) is 15.2 Å². The van der Waals surface area contributed by atoms with E-state index in [2.05, 4.69) is 20.6 Å². The number of aliphatic carboxylic acids is 2. The first kappa shape index (κ1) is 38.8. The van der Waals surface area contributed by atoms with E-state index in [0.717, 1.165) is 30.2 Å². The van der Waals surface area contributed by atoms with E-state index in [0.29, 0.717) is 42.0 Å². The number of Topliss-reactive ketones (excluding diaryl/α,β-unsaturated/α-hetero) is 1. The number of halogens is 1. The molecule has 54 heavy (non-hydrogen) atoms.